The molecule has 0 spiro atoms. The minimum absolute atomic E-state index is 0.0314. The maximum absolute atomic E-state index is 12.6. The van der Waals surface area contributed by atoms with Gasteiger partial charge in [0.1, 0.15) is 11.7 Å². The van der Waals surface area contributed by atoms with Crippen molar-refractivity contribution in [2.75, 3.05) is 35.7 Å². The number of thiazole rings is 1. The van der Waals surface area contributed by atoms with Gasteiger partial charge >= 0.3 is 0 Å². The van der Waals surface area contributed by atoms with E-state index in [1.54, 1.807) is 11.3 Å². The van der Waals surface area contributed by atoms with Gasteiger partial charge in [-0.25, -0.2) is 9.97 Å². The fourth-order valence-corrected chi connectivity index (χ4v) is 5.06. The second-order valence-electron chi connectivity index (χ2n) is 8.67. The molecule has 2 amide bonds. The number of carbonyl (C=O) groups is 2. The second kappa shape index (κ2) is 8.07. The summed E-state index contributed by atoms with van der Waals surface area (Å²) in [6.45, 7) is 11.1. The second-order valence-corrected chi connectivity index (χ2v) is 10.1. The Morgan fingerprint density at radius 3 is 2.55 bits per heavy atom. The van der Waals surface area contributed by atoms with Crippen molar-refractivity contribution in [2.45, 2.75) is 53.1 Å². The number of hydrogen-bond donors (Lipinski definition) is 2. The molecule has 1 atom stereocenters. The molecule has 10 heteroatoms. The lowest BCUT2D eigenvalue weighted by atomic mass is 9.99. The van der Waals surface area contributed by atoms with Gasteiger partial charge in [0.15, 0.2) is 5.82 Å². The van der Waals surface area contributed by atoms with E-state index in [4.69, 9.17) is 0 Å². The first-order valence-corrected chi connectivity index (χ1v) is 11.3. The number of amides is 2. The zero-order valence-electron chi connectivity index (χ0n) is 18.8. The van der Waals surface area contributed by atoms with E-state index in [9.17, 15) is 9.59 Å². The van der Waals surface area contributed by atoms with Gasteiger partial charge in [-0.3, -0.25) is 9.59 Å². The lowest BCUT2D eigenvalue weighted by Crippen LogP contribution is -2.57. The SMILES string of the molecule is Cc1nc(CC(=O)N2CC(Nc3nc(C)c4c(n3)N(C)[C@@H](C(C)C)C(=O)N4)C2)c(C)s1. The Kier molecular flexibility index (Phi) is 5.59. The van der Waals surface area contributed by atoms with E-state index in [0.29, 0.717) is 31.1 Å². The lowest BCUT2D eigenvalue weighted by molar-refractivity contribution is -0.134. The van der Waals surface area contributed by atoms with Gasteiger partial charge in [-0.2, -0.15) is 4.98 Å². The number of nitrogens with zero attached hydrogens (tertiary/aromatic N) is 5. The summed E-state index contributed by atoms with van der Waals surface area (Å²) >= 11 is 1.62. The van der Waals surface area contributed by atoms with Gasteiger partial charge in [0.05, 0.1) is 28.9 Å². The molecule has 9 nitrogen and oxygen atoms in total. The van der Waals surface area contributed by atoms with E-state index < -0.39 is 0 Å². The number of carbonyl (C=O) groups excluding carboxylic acids is 2. The van der Waals surface area contributed by atoms with Crippen molar-refractivity contribution in [2.24, 2.45) is 5.92 Å². The molecule has 2 aliphatic rings. The van der Waals surface area contributed by atoms with Crippen LogP contribution >= 0.6 is 11.3 Å². The topological polar surface area (TPSA) is 103 Å². The van der Waals surface area contributed by atoms with Crippen molar-refractivity contribution in [1.82, 2.24) is 19.9 Å². The van der Waals surface area contributed by atoms with Gasteiger partial charge in [-0.1, -0.05) is 13.8 Å². The smallest absolute Gasteiger partial charge is 0.247 e. The van der Waals surface area contributed by atoms with Crippen LogP contribution in [0.5, 0.6) is 0 Å². The summed E-state index contributed by atoms with van der Waals surface area (Å²) in [5, 5.41) is 7.29. The first-order valence-electron chi connectivity index (χ1n) is 10.5. The molecule has 0 saturated carbocycles. The lowest BCUT2D eigenvalue weighted by Gasteiger charge is -2.40. The fourth-order valence-electron chi connectivity index (χ4n) is 4.23. The van der Waals surface area contributed by atoms with Crippen LogP contribution in [0.1, 0.15) is 35.1 Å². The van der Waals surface area contributed by atoms with Crippen molar-refractivity contribution in [3.63, 3.8) is 0 Å². The first-order chi connectivity index (χ1) is 14.6. The number of likely N-dealkylation sites (tertiary alicyclic amines) is 1. The van der Waals surface area contributed by atoms with Gasteiger partial charge in [-0.05, 0) is 26.7 Å². The molecule has 1 saturated heterocycles. The zero-order valence-corrected chi connectivity index (χ0v) is 19.6. The molecule has 31 heavy (non-hydrogen) atoms. The third-order valence-electron chi connectivity index (χ3n) is 5.86. The number of aryl methyl sites for hydroxylation is 3. The highest BCUT2D eigenvalue weighted by atomic mass is 32.1. The summed E-state index contributed by atoms with van der Waals surface area (Å²) in [7, 11) is 1.89. The van der Waals surface area contributed by atoms with E-state index in [1.807, 2.05) is 51.5 Å². The van der Waals surface area contributed by atoms with Crippen LogP contribution in [0.2, 0.25) is 0 Å². The van der Waals surface area contributed by atoms with Crippen LogP contribution in [0.3, 0.4) is 0 Å². The molecular formula is C21H29N7O2S. The highest BCUT2D eigenvalue weighted by molar-refractivity contribution is 7.11. The van der Waals surface area contributed by atoms with Crippen LogP contribution in [0.25, 0.3) is 0 Å². The Morgan fingerprint density at radius 2 is 1.94 bits per heavy atom. The maximum Gasteiger partial charge on any atom is 0.247 e. The van der Waals surface area contributed by atoms with E-state index >= 15 is 0 Å². The van der Waals surface area contributed by atoms with Crippen molar-refractivity contribution in [3.8, 4) is 0 Å². The van der Waals surface area contributed by atoms with E-state index in [-0.39, 0.29) is 29.8 Å². The predicted octanol–water partition coefficient (Wildman–Crippen LogP) is 2.14. The van der Waals surface area contributed by atoms with E-state index in [1.165, 1.54) is 0 Å². The quantitative estimate of drug-likeness (QED) is 0.730. The van der Waals surface area contributed by atoms with Crippen LogP contribution in [-0.4, -0.2) is 63.9 Å². The minimum atomic E-state index is -0.274. The molecule has 4 heterocycles. The Morgan fingerprint density at radius 1 is 1.23 bits per heavy atom. The molecule has 2 N–H and O–H groups in total. The molecule has 0 bridgehead atoms. The van der Waals surface area contributed by atoms with Gasteiger partial charge in [-0.15, -0.1) is 11.3 Å². The number of fused-ring (bicyclic) bond motifs is 1. The minimum Gasteiger partial charge on any atom is -0.348 e. The molecule has 2 aromatic rings. The van der Waals surface area contributed by atoms with Crippen LogP contribution in [0.15, 0.2) is 0 Å². The standard InChI is InChI=1S/C21H29N7O2S/c1-10(2)18-20(30)25-17-11(3)22-21(26-19(17)27(18)6)24-14-8-28(9-14)16(29)7-15-12(4)31-13(5)23-15/h10,14,18H,7-9H2,1-6H3,(H,25,30)(H,22,24,26)/t18-/m0/s1. The number of likely N-dealkylation sites (N-methyl/N-ethyl adjacent to an activating group) is 1. The fraction of sp³-hybridized carbons (Fsp3) is 0.571. The molecule has 2 aromatic heterocycles. The van der Waals surface area contributed by atoms with Crippen LogP contribution in [-0.2, 0) is 16.0 Å². The number of anilines is 3. The Bertz CT molecular complexity index is 1030. The van der Waals surface area contributed by atoms with Crippen molar-refractivity contribution in [1.29, 1.82) is 0 Å². The van der Waals surface area contributed by atoms with Gasteiger partial charge in [0, 0.05) is 25.0 Å². The van der Waals surface area contributed by atoms with Gasteiger partial charge < -0.3 is 20.4 Å². The zero-order chi connectivity index (χ0) is 22.4. The molecule has 0 aliphatic carbocycles. The van der Waals surface area contributed by atoms with Crippen LogP contribution in [0, 0.1) is 26.7 Å². The highest BCUT2D eigenvalue weighted by Gasteiger charge is 2.36. The number of nitrogens with one attached hydrogen (secondary N) is 2. The normalized spacial score (nSPS) is 18.7. The average Bonchev–Trinajstić information content (AvgIpc) is 2.95. The third-order valence-corrected chi connectivity index (χ3v) is 6.78. The Hall–Kier alpha value is -2.75. The number of hydrogen-bond acceptors (Lipinski definition) is 8. The maximum atomic E-state index is 12.6. The highest BCUT2D eigenvalue weighted by Crippen LogP contribution is 2.34. The predicted molar refractivity (Wildman–Crippen MR) is 122 cm³/mol. The molecule has 0 unspecified atom stereocenters. The average molecular weight is 444 g/mol. The summed E-state index contributed by atoms with van der Waals surface area (Å²) in [6, 6.07) is -0.173. The number of rotatable bonds is 5. The molecule has 0 radical (unpaired) electrons. The molecule has 166 valence electrons. The van der Waals surface area contributed by atoms with Crippen LogP contribution in [0.4, 0.5) is 17.5 Å². The molecule has 2 aliphatic heterocycles. The first kappa shape index (κ1) is 21.5. The monoisotopic (exact) mass is 443 g/mol. The summed E-state index contributed by atoms with van der Waals surface area (Å²) < 4.78 is 0. The van der Waals surface area contributed by atoms with Crippen LogP contribution < -0.4 is 15.5 Å². The largest absolute Gasteiger partial charge is 0.348 e. The van der Waals surface area contributed by atoms with Crippen molar-refractivity contribution < 1.29 is 9.59 Å². The molecule has 1 fully saturated rings. The molecular weight excluding hydrogens is 414 g/mol. The summed E-state index contributed by atoms with van der Waals surface area (Å²) in [6.07, 6.45) is 0.346. The number of aromatic nitrogens is 3. The summed E-state index contributed by atoms with van der Waals surface area (Å²) in [5.74, 6) is 1.45. The van der Waals surface area contributed by atoms with E-state index in [2.05, 4.69) is 25.6 Å². The summed E-state index contributed by atoms with van der Waals surface area (Å²) in [5.41, 5.74) is 2.26. The van der Waals surface area contributed by atoms with Gasteiger partial charge in [0.2, 0.25) is 17.8 Å². The Balaban J connectivity index is 1.40. The van der Waals surface area contributed by atoms with E-state index in [0.717, 1.165) is 27.1 Å². The third kappa shape index (κ3) is 4.08. The molecule has 4 rings (SSSR count). The van der Waals surface area contributed by atoms with Crippen molar-refractivity contribution >= 4 is 40.6 Å². The molecule has 0 aromatic carbocycles. The Labute approximate surface area is 186 Å². The summed E-state index contributed by atoms with van der Waals surface area (Å²) in [4.78, 5) is 43.5. The van der Waals surface area contributed by atoms with Gasteiger partial charge in [0.25, 0.3) is 0 Å². The van der Waals surface area contributed by atoms with Crippen molar-refractivity contribution in [3.05, 3.63) is 21.3 Å².